The van der Waals surface area contributed by atoms with Crippen LogP contribution in [-0.2, 0) is 0 Å². The molecule has 1 aromatic carbocycles. The third-order valence-corrected chi connectivity index (χ3v) is 2.88. The Kier molecular flexibility index (Phi) is 1.82. The van der Waals surface area contributed by atoms with Gasteiger partial charge in [0.2, 0.25) is 6.79 Å². The van der Waals surface area contributed by atoms with Crippen LogP contribution in [0, 0.1) is 0 Å². The zero-order valence-electron chi connectivity index (χ0n) is 9.38. The van der Waals surface area contributed by atoms with Gasteiger partial charge in [-0.05, 0) is 12.1 Å². The van der Waals surface area contributed by atoms with E-state index in [2.05, 4.69) is 15.0 Å². The highest BCUT2D eigenvalue weighted by atomic mass is 16.7. The lowest BCUT2D eigenvalue weighted by atomic mass is 10.3. The largest absolute Gasteiger partial charge is 0.454 e. The number of aromatic amines is 1. The molecule has 0 spiro atoms. The summed E-state index contributed by atoms with van der Waals surface area (Å²) in [5.41, 5.74) is 2.58. The van der Waals surface area contributed by atoms with Crippen LogP contribution in [0.4, 0.5) is 0 Å². The van der Waals surface area contributed by atoms with Crippen molar-refractivity contribution in [2.75, 3.05) is 6.79 Å². The fourth-order valence-corrected chi connectivity index (χ4v) is 2.02. The lowest BCUT2D eigenvalue weighted by Crippen LogP contribution is -1.92. The summed E-state index contributed by atoms with van der Waals surface area (Å²) < 4.78 is 10.7. The Labute approximate surface area is 102 Å². The summed E-state index contributed by atoms with van der Waals surface area (Å²) in [5.74, 6) is 2.23. The van der Waals surface area contributed by atoms with Crippen molar-refractivity contribution in [3.63, 3.8) is 0 Å². The molecular weight excluding hydrogens is 230 g/mol. The summed E-state index contributed by atoms with van der Waals surface area (Å²) in [5, 5.41) is 0. The zero-order valence-corrected chi connectivity index (χ0v) is 9.38. The van der Waals surface area contributed by atoms with E-state index >= 15 is 0 Å². The van der Waals surface area contributed by atoms with Crippen molar-refractivity contribution in [3.8, 4) is 23.0 Å². The van der Waals surface area contributed by atoms with Gasteiger partial charge in [-0.1, -0.05) is 6.07 Å². The molecule has 0 atom stereocenters. The van der Waals surface area contributed by atoms with E-state index in [9.17, 15) is 0 Å². The van der Waals surface area contributed by atoms with E-state index in [4.69, 9.17) is 9.47 Å². The molecule has 0 aliphatic carbocycles. The van der Waals surface area contributed by atoms with E-state index in [1.165, 1.54) is 0 Å². The number of nitrogens with zero attached hydrogens (tertiary/aromatic N) is 2. The van der Waals surface area contributed by atoms with Gasteiger partial charge in [0, 0.05) is 18.3 Å². The number of rotatable bonds is 1. The van der Waals surface area contributed by atoms with E-state index in [1.54, 1.807) is 6.20 Å². The van der Waals surface area contributed by atoms with Crippen molar-refractivity contribution in [2.24, 2.45) is 0 Å². The highest BCUT2D eigenvalue weighted by Crippen LogP contribution is 2.35. The van der Waals surface area contributed by atoms with E-state index in [0.717, 1.165) is 34.1 Å². The average Bonchev–Trinajstić information content (AvgIpc) is 3.01. The first-order valence-electron chi connectivity index (χ1n) is 5.61. The van der Waals surface area contributed by atoms with Gasteiger partial charge in [-0.2, -0.15) is 0 Å². The predicted molar refractivity (Wildman–Crippen MR) is 65.4 cm³/mol. The molecule has 3 aromatic rings. The number of benzene rings is 1. The van der Waals surface area contributed by atoms with Gasteiger partial charge in [-0.25, -0.2) is 4.98 Å². The van der Waals surface area contributed by atoms with Crippen molar-refractivity contribution in [1.29, 1.82) is 0 Å². The van der Waals surface area contributed by atoms with Gasteiger partial charge in [0.1, 0.15) is 5.69 Å². The molecule has 0 fully saturated rings. The SMILES string of the molecule is c1ccc(-c2nc3cc4c(cc3[nH]2)OCO4)nc1. The van der Waals surface area contributed by atoms with Gasteiger partial charge in [0.15, 0.2) is 17.3 Å². The van der Waals surface area contributed by atoms with Gasteiger partial charge in [-0.3, -0.25) is 4.98 Å². The molecule has 3 heterocycles. The fraction of sp³-hybridized carbons (Fsp3) is 0.0769. The van der Waals surface area contributed by atoms with Crippen LogP contribution in [0.3, 0.4) is 0 Å². The molecule has 0 amide bonds. The summed E-state index contributed by atoms with van der Waals surface area (Å²) in [6.07, 6.45) is 1.74. The molecule has 18 heavy (non-hydrogen) atoms. The fourth-order valence-electron chi connectivity index (χ4n) is 2.02. The second-order valence-electron chi connectivity index (χ2n) is 4.02. The predicted octanol–water partition coefficient (Wildman–Crippen LogP) is 2.35. The Morgan fingerprint density at radius 1 is 1.11 bits per heavy atom. The molecule has 5 nitrogen and oxygen atoms in total. The maximum atomic E-state index is 5.34. The lowest BCUT2D eigenvalue weighted by molar-refractivity contribution is 0.174. The van der Waals surface area contributed by atoms with Crippen molar-refractivity contribution in [3.05, 3.63) is 36.5 Å². The quantitative estimate of drug-likeness (QED) is 0.708. The Morgan fingerprint density at radius 2 is 2.00 bits per heavy atom. The van der Waals surface area contributed by atoms with Crippen LogP contribution in [0.25, 0.3) is 22.6 Å². The van der Waals surface area contributed by atoms with Crippen LogP contribution >= 0.6 is 0 Å². The van der Waals surface area contributed by atoms with Crippen molar-refractivity contribution in [1.82, 2.24) is 15.0 Å². The number of H-pyrrole nitrogens is 1. The number of imidazole rings is 1. The van der Waals surface area contributed by atoms with Crippen LogP contribution in [0.1, 0.15) is 0 Å². The zero-order chi connectivity index (χ0) is 11.9. The Hall–Kier alpha value is -2.56. The summed E-state index contributed by atoms with van der Waals surface area (Å²) in [6.45, 7) is 0.273. The molecule has 0 bridgehead atoms. The summed E-state index contributed by atoms with van der Waals surface area (Å²) in [4.78, 5) is 12.0. The molecule has 1 aliphatic rings. The van der Waals surface area contributed by atoms with E-state index in [0.29, 0.717) is 0 Å². The topological polar surface area (TPSA) is 60.0 Å². The molecule has 4 rings (SSSR count). The molecule has 5 heteroatoms. The molecule has 2 aromatic heterocycles. The minimum absolute atomic E-state index is 0.273. The normalized spacial score (nSPS) is 13.1. The minimum Gasteiger partial charge on any atom is -0.454 e. The lowest BCUT2D eigenvalue weighted by Gasteiger charge is -1.93. The van der Waals surface area contributed by atoms with Crippen LogP contribution in [0.15, 0.2) is 36.5 Å². The van der Waals surface area contributed by atoms with Crippen LogP contribution in [0.2, 0.25) is 0 Å². The smallest absolute Gasteiger partial charge is 0.231 e. The molecule has 1 aliphatic heterocycles. The van der Waals surface area contributed by atoms with Crippen molar-refractivity contribution >= 4 is 11.0 Å². The van der Waals surface area contributed by atoms with E-state index in [-0.39, 0.29) is 6.79 Å². The second-order valence-corrected chi connectivity index (χ2v) is 4.02. The van der Waals surface area contributed by atoms with Crippen molar-refractivity contribution in [2.45, 2.75) is 0 Å². The van der Waals surface area contributed by atoms with Gasteiger partial charge in [-0.15, -0.1) is 0 Å². The number of aromatic nitrogens is 3. The molecule has 88 valence electrons. The molecule has 0 saturated heterocycles. The van der Waals surface area contributed by atoms with Gasteiger partial charge < -0.3 is 14.5 Å². The van der Waals surface area contributed by atoms with Crippen LogP contribution in [0.5, 0.6) is 11.5 Å². The summed E-state index contributed by atoms with van der Waals surface area (Å²) in [7, 11) is 0. The third kappa shape index (κ3) is 1.34. The van der Waals surface area contributed by atoms with Gasteiger partial charge >= 0.3 is 0 Å². The maximum Gasteiger partial charge on any atom is 0.231 e. The number of hydrogen-bond donors (Lipinski definition) is 1. The molecule has 1 N–H and O–H groups in total. The Morgan fingerprint density at radius 3 is 2.83 bits per heavy atom. The number of hydrogen-bond acceptors (Lipinski definition) is 4. The first-order valence-corrected chi connectivity index (χ1v) is 5.61. The molecule has 0 saturated carbocycles. The number of ether oxygens (including phenoxy) is 2. The Bertz CT molecular complexity index is 681. The first-order chi connectivity index (χ1) is 8.90. The van der Waals surface area contributed by atoms with E-state index in [1.807, 2.05) is 30.3 Å². The summed E-state index contributed by atoms with van der Waals surface area (Å²) >= 11 is 0. The number of pyridine rings is 1. The van der Waals surface area contributed by atoms with Crippen molar-refractivity contribution < 1.29 is 9.47 Å². The number of nitrogens with one attached hydrogen (secondary N) is 1. The van der Waals surface area contributed by atoms with Gasteiger partial charge in [0.25, 0.3) is 0 Å². The number of fused-ring (bicyclic) bond motifs is 2. The van der Waals surface area contributed by atoms with Gasteiger partial charge in [0.05, 0.1) is 11.0 Å². The molecule has 0 radical (unpaired) electrons. The molecular formula is C13H9N3O2. The van der Waals surface area contributed by atoms with Crippen LogP contribution < -0.4 is 9.47 Å². The third-order valence-electron chi connectivity index (χ3n) is 2.88. The van der Waals surface area contributed by atoms with Crippen LogP contribution in [-0.4, -0.2) is 21.7 Å². The average molecular weight is 239 g/mol. The highest BCUT2D eigenvalue weighted by Gasteiger charge is 2.16. The maximum absolute atomic E-state index is 5.34. The second kappa shape index (κ2) is 3.46. The monoisotopic (exact) mass is 239 g/mol. The first kappa shape index (κ1) is 9.47. The molecule has 0 unspecified atom stereocenters. The van der Waals surface area contributed by atoms with E-state index < -0.39 is 0 Å². The minimum atomic E-state index is 0.273. The standard InChI is InChI=1S/C13H9N3O2/c1-2-4-14-8(3-1)13-15-9-5-11-12(18-7-17-11)6-10(9)16-13/h1-6H,7H2,(H,15,16). The highest BCUT2D eigenvalue weighted by molar-refractivity contribution is 5.82. The Balaban J connectivity index is 1.90. The summed E-state index contributed by atoms with van der Waals surface area (Å²) in [6, 6.07) is 9.50.